The Hall–Kier alpha value is -3.80. The van der Waals surface area contributed by atoms with Crippen molar-refractivity contribution in [3.05, 3.63) is 66.6 Å². The number of fused-ring (bicyclic) bond motifs is 2. The molecule has 0 spiro atoms. The summed E-state index contributed by atoms with van der Waals surface area (Å²) in [6, 6.07) is 14.5. The summed E-state index contributed by atoms with van der Waals surface area (Å²) in [4.78, 5) is 13.8. The van der Waals surface area contributed by atoms with Gasteiger partial charge >= 0.3 is 0 Å². The smallest absolute Gasteiger partial charge is 0.163 e. The van der Waals surface area contributed by atoms with Gasteiger partial charge < -0.3 is 5.32 Å². The Kier molecular flexibility index (Phi) is 3.98. The number of rotatable bonds is 3. The van der Waals surface area contributed by atoms with Crippen LogP contribution >= 0.6 is 0 Å². The molecule has 0 radical (unpaired) electrons. The Labute approximate surface area is 168 Å². The van der Waals surface area contributed by atoms with E-state index in [1.165, 1.54) is 0 Å². The van der Waals surface area contributed by atoms with Gasteiger partial charge in [-0.05, 0) is 53.9 Å². The molecule has 5 rings (SSSR count). The molecule has 0 aliphatic heterocycles. The van der Waals surface area contributed by atoms with E-state index < -0.39 is 0 Å². The van der Waals surface area contributed by atoms with Crippen molar-refractivity contribution in [3.63, 3.8) is 0 Å². The number of aromatic nitrogens is 5. The summed E-state index contributed by atoms with van der Waals surface area (Å²) in [5.74, 6) is 1.48. The van der Waals surface area contributed by atoms with E-state index in [-0.39, 0.29) is 0 Å². The molecule has 0 saturated carbocycles. The average Bonchev–Trinajstić information content (AvgIpc) is 3.14. The van der Waals surface area contributed by atoms with Crippen LogP contribution in [0.4, 0.5) is 5.82 Å². The summed E-state index contributed by atoms with van der Waals surface area (Å²) >= 11 is 0. The minimum Gasteiger partial charge on any atom is -0.373 e. The van der Waals surface area contributed by atoms with Gasteiger partial charge in [0.05, 0.1) is 17.2 Å². The fraction of sp³-hybridized carbons (Fsp3) is 0.130. The first-order valence-electron chi connectivity index (χ1n) is 9.47. The van der Waals surface area contributed by atoms with Crippen LogP contribution in [0, 0.1) is 6.92 Å². The van der Waals surface area contributed by atoms with E-state index in [1.807, 2.05) is 37.1 Å². The third-order valence-electron chi connectivity index (χ3n) is 5.34. The van der Waals surface area contributed by atoms with Crippen LogP contribution in [0.5, 0.6) is 0 Å². The van der Waals surface area contributed by atoms with Crippen LogP contribution in [0.1, 0.15) is 5.56 Å². The Balaban J connectivity index is 1.74. The molecule has 2 aromatic carbocycles. The van der Waals surface area contributed by atoms with E-state index in [0.29, 0.717) is 5.82 Å². The predicted molar refractivity (Wildman–Crippen MR) is 117 cm³/mol. The second kappa shape index (κ2) is 6.67. The maximum atomic E-state index is 4.90. The van der Waals surface area contributed by atoms with Crippen LogP contribution in [0.3, 0.4) is 0 Å². The number of hydrogen-bond acceptors (Lipinski definition) is 5. The topological polar surface area (TPSA) is 68.5 Å². The zero-order valence-electron chi connectivity index (χ0n) is 16.5. The second-order valence-corrected chi connectivity index (χ2v) is 7.06. The summed E-state index contributed by atoms with van der Waals surface area (Å²) in [7, 11) is 3.84. The van der Waals surface area contributed by atoms with E-state index in [4.69, 9.17) is 9.97 Å². The van der Waals surface area contributed by atoms with Crippen molar-refractivity contribution < 1.29 is 0 Å². The highest BCUT2D eigenvalue weighted by Crippen LogP contribution is 2.34. The highest BCUT2D eigenvalue weighted by molar-refractivity contribution is 5.97. The Bertz CT molecular complexity index is 1350. The minimum absolute atomic E-state index is 0.665. The highest BCUT2D eigenvalue weighted by atomic mass is 15.2. The molecule has 29 heavy (non-hydrogen) atoms. The maximum Gasteiger partial charge on any atom is 0.163 e. The van der Waals surface area contributed by atoms with Crippen LogP contribution in [-0.4, -0.2) is 31.8 Å². The fourth-order valence-electron chi connectivity index (χ4n) is 3.79. The molecule has 0 amide bonds. The van der Waals surface area contributed by atoms with Crippen molar-refractivity contribution in [1.29, 1.82) is 0 Å². The first kappa shape index (κ1) is 17.3. The lowest BCUT2D eigenvalue weighted by atomic mass is 9.97. The van der Waals surface area contributed by atoms with E-state index in [2.05, 4.69) is 52.7 Å². The van der Waals surface area contributed by atoms with Gasteiger partial charge in [0.25, 0.3) is 0 Å². The van der Waals surface area contributed by atoms with Gasteiger partial charge in [-0.2, -0.15) is 5.10 Å². The van der Waals surface area contributed by atoms with Crippen molar-refractivity contribution in [2.24, 2.45) is 7.05 Å². The molecule has 3 aromatic heterocycles. The van der Waals surface area contributed by atoms with Crippen LogP contribution in [-0.2, 0) is 7.05 Å². The summed E-state index contributed by atoms with van der Waals surface area (Å²) < 4.78 is 1.89. The predicted octanol–water partition coefficient (Wildman–Crippen LogP) is 4.60. The number of benzene rings is 2. The van der Waals surface area contributed by atoms with Crippen molar-refractivity contribution in [2.45, 2.75) is 6.92 Å². The number of hydrogen-bond donors (Lipinski definition) is 1. The zero-order valence-corrected chi connectivity index (χ0v) is 16.5. The van der Waals surface area contributed by atoms with Gasteiger partial charge in [0.15, 0.2) is 5.82 Å². The Morgan fingerprint density at radius 1 is 0.966 bits per heavy atom. The normalized spacial score (nSPS) is 11.3. The van der Waals surface area contributed by atoms with Crippen molar-refractivity contribution in [1.82, 2.24) is 24.7 Å². The molecule has 0 aliphatic rings. The molecule has 6 heteroatoms. The largest absolute Gasteiger partial charge is 0.373 e. The van der Waals surface area contributed by atoms with Gasteiger partial charge in [0, 0.05) is 42.8 Å². The van der Waals surface area contributed by atoms with Gasteiger partial charge in [-0.3, -0.25) is 9.67 Å². The number of nitrogens with zero attached hydrogens (tertiary/aromatic N) is 5. The van der Waals surface area contributed by atoms with Crippen LogP contribution < -0.4 is 5.32 Å². The molecule has 0 unspecified atom stereocenters. The number of anilines is 1. The molecular weight excluding hydrogens is 360 g/mol. The first-order chi connectivity index (χ1) is 14.2. The number of pyridine rings is 1. The fourth-order valence-corrected chi connectivity index (χ4v) is 3.79. The average molecular weight is 380 g/mol. The van der Waals surface area contributed by atoms with Crippen molar-refractivity contribution >= 4 is 27.6 Å². The zero-order chi connectivity index (χ0) is 20.0. The van der Waals surface area contributed by atoms with E-state index >= 15 is 0 Å². The molecule has 142 valence electrons. The lowest BCUT2D eigenvalue weighted by Crippen LogP contribution is -2.00. The summed E-state index contributed by atoms with van der Waals surface area (Å²) in [6.07, 6.45) is 5.44. The molecule has 3 heterocycles. The van der Waals surface area contributed by atoms with E-state index in [9.17, 15) is 0 Å². The second-order valence-electron chi connectivity index (χ2n) is 7.06. The lowest BCUT2D eigenvalue weighted by molar-refractivity contribution is 0.797. The van der Waals surface area contributed by atoms with E-state index in [1.54, 1.807) is 12.4 Å². The maximum absolute atomic E-state index is 4.90. The van der Waals surface area contributed by atoms with Crippen LogP contribution in [0.25, 0.3) is 44.3 Å². The highest BCUT2D eigenvalue weighted by Gasteiger charge is 2.14. The molecule has 0 saturated heterocycles. The molecule has 0 atom stereocenters. The number of nitrogens with one attached hydrogen (secondary N) is 1. The molecule has 6 nitrogen and oxygen atoms in total. The molecule has 0 fully saturated rings. The van der Waals surface area contributed by atoms with Crippen molar-refractivity contribution in [3.8, 4) is 22.5 Å². The third-order valence-corrected chi connectivity index (χ3v) is 5.34. The summed E-state index contributed by atoms with van der Waals surface area (Å²) in [5, 5.41) is 9.69. The molecular formula is C23H20N6. The summed E-state index contributed by atoms with van der Waals surface area (Å²) in [5.41, 5.74) is 6.37. The minimum atomic E-state index is 0.665. The number of aryl methyl sites for hydroxylation is 2. The van der Waals surface area contributed by atoms with Gasteiger partial charge in [-0.25, -0.2) is 9.97 Å². The van der Waals surface area contributed by atoms with Gasteiger partial charge in [-0.15, -0.1) is 0 Å². The van der Waals surface area contributed by atoms with Crippen LogP contribution in [0.15, 0.2) is 61.1 Å². The first-order valence-corrected chi connectivity index (χ1v) is 9.47. The SMILES string of the molecule is CNc1nc(-c2cccnc2)nc2c(C)c(-c3ccc4c(cnn4C)c3)ccc12. The molecule has 0 bridgehead atoms. The monoisotopic (exact) mass is 380 g/mol. The van der Waals surface area contributed by atoms with Gasteiger partial charge in [-0.1, -0.05) is 12.1 Å². The summed E-state index contributed by atoms with van der Waals surface area (Å²) in [6.45, 7) is 2.12. The quantitative estimate of drug-likeness (QED) is 0.496. The molecule has 5 aromatic rings. The molecule has 0 aliphatic carbocycles. The standard InChI is InChI=1S/C23H20N6/c1-14-18(15-6-9-20-17(11-15)13-26-29(20)3)7-8-19-21(14)27-22(28-23(19)24-2)16-5-4-10-25-12-16/h4-13H,1-3H3,(H,24,27,28). The van der Waals surface area contributed by atoms with Gasteiger partial charge in [0.1, 0.15) is 5.82 Å². The van der Waals surface area contributed by atoms with E-state index in [0.717, 1.165) is 49.9 Å². The third kappa shape index (κ3) is 2.81. The van der Waals surface area contributed by atoms with Gasteiger partial charge in [0.2, 0.25) is 0 Å². The lowest BCUT2D eigenvalue weighted by Gasteiger charge is -2.13. The Morgan fingerprint density at radius 3 is 2.66 bits per heavy atom. The molecule has 1 N–H and O–H groups in total. The van der Waals surface area contributed by atoms with Crippen LogP contribution in [0.2, 0.25) is 0 Å². The van der Waals surface area contributed by atoms with Crippen molar-refractivity contribution in [2.75, 3.05) is 12.4 Å². The Morgan fingerprint density at radius 2 is 1.86 bits per heavy atom.